The average Bonchev–Trinajstić information content (AvgIpc) is 4.48. The van der Waals surface area contributed by atoms with Gasteiger partial charge in [-0.25, -0.2) is 16.8 Å². The molecule has 24 nitrogen and oxygen atoms in total. The van der Waals surface area contributed by atoms with Gasteiger partial charge in [-0.2, -0.15) is 29.0 Å². The summed E-state index contributed by atoms with van der Waals surface area (Å²) < 4.78 is 60.3. The molecule has 4 saturated heterocycles. The van der Waals surface area contributed by atoms with E-state index in [-0.39, 0.29) is 23.9 Å². The van der Waals surface area contributed by atoms with Crippen LogP contribution >= 0.6 is 23.2 Å². The molecule has 28 heteroatoms. The number of piperazine rings is 4. The Kier molecular flexibility index (Phi) is 18.3. The van der Waals surface area contributed by atoms with Crippen LogP contribution in [-0.2, 0) is 29.6 Å². The quantitative estimate of drug-likeness (QED) is 0.139. The van der Waals surface area contributed by atoms with Gasteiger partial charge in [0.15, 0.2) is 0 Å². The second kappa shape index (κ2) is 25.2. The van der Waals surface area contributed by atoms with Crippen LogP contribution in [0.5, 0.6) is 11.5 Å². The maximum Gasteiger partial charge on any atom is 0.219 e. The minimum Gasteiger partial charge on any atom is -0.497 e. The summed E-state index contributed by atoms with van der Waals surface area (Å²) in [5.41, 5.74) is 7.90. The van der Waals surface area contributed by atoms with Crippen LogP contribution in [0.15, 0.2) is 73.3 Å². The largest absolute Gasteiger partial charge is 0.497 e. The Morgan fingerprint density at radius 1 is 0.488 bits per heavy atom. The molecular weight excluding hydrogens is 1140 g/mol. The first-order chi connectivity index (χ1) is 39.1. The third-order valence-electron chi connectivity index (χ3n) is 15.3. The molecular formula is C54H70Cl2N16O8S2. The van der Waals surface area contributed by atoms with E-state index in [1.807, 2.05) is 77.6 Å². The number of nitrogens with zero attached hydrogens (tertiary/aromatic N) is 12. The van der Waals surface area contributed by atoms with Crippen LogP contribution in [0, 0.1) is 0 Å². The molecule has 82 heavy (non-hydrogen) atoms. The molecule has 2 unspecified atom stereocenters. The van der Waals surface area contributed by atoms with E-state index in [1.54, 1.807) is 44.8 Å². The van der Waals surface area contributed by atoms with Crippen LogP contribution in [0.25, 0.3) is 43.6 Å². The molecule has 4 aliphatic heterocycles. The SMILES string of the molecule is CC(=O)N1CCN(c2cc(Cl)cc3[nH]ncc23)CC1C.CC1CN(c2cc(Cl)cc3[nH]ncc23)CCN1S(C)(=O)=O.COc1cc(N2CCN(C(C)=O)CC2)c2cn[nH]c2c1.COc1cc(N2CCN(S(C)(=O)=O)CC2)c2cn[nH]c2c1. The van der Waals surface area contributed by atoms with Gasteiger partial charge < -0.3 is 38.9 Å². The van der Waals surface area contributed by atoms with Crippen molar-refractivity contribution in [2.24, 2.45) is 0 Å². The van der Waals surface area contributed by atoms with E-state index >= 15 is 0 Å². The summed E-state index contributed by atoms with van der Waals surface area (Å²) in [6.45, 7) is 16.8. The van der Waals surface area contributed by atoms with Crippen molar-refractivity contribution in [3.05, 3.63) is 83.4 Å². The molecule has 2 amide bonds. The molecule has 440 valence electrons. The Morgan fingerprint density at radius 2 is 0.866 bits per heavy atom. The van der Waals surface area contributed by atoms with Crippen molar-refractivity contribution < 1.29 is 35.9 Å². The molecule has 12 rings (SSSR count). The zero-order valence-electron chi connectivity index (χ0n) is 47.2. The van der Waals surface area contributed by atoms with Gasteiger partial charge in [0.25, 0.3) is 0 Å². The monoisotopic (exact) mass is 1200 g/mol. The second-order valence-corrected chi connectivity index (χ2v) is 25.6. The number of aromatic nitrogens is 8. The Hall–Kier alpha value is -7.10. The van der Waals surface area contributed by atoms with Crippen molar-refractivity contribution in [3.8, 4) is 11.5 Å². The Labute approximate surface area is 486 Å². The van der Waals surface area contributed by atoms with Crippen molar-refractivity contribution in [1.29, 1.82) is 0 Å². The fourth-order valence-electron chi connectivity index (χ4n) is 11.1. The average molecular weight is 1210 g/mol. The van der Waals surface area contributed by atoms with Crippen LogP contribution in [-0.4, -0.2) is 218 Å². The fraction of sp³-hybridized carbons (Fsp3) is 0.444. The highest BCUT2D eigenvalue weighted by atomic mass is 35.5. The first kappa shape index (κ1) is 59.5. The first-order valence-corrected chi connectivity index (χ1v) is 31.3. The standard InChI is InChI=1S/C14H17ClN4O.C14H18N4O2.C13H17ClN4O2S.C13H18N4O3S/c1-9-8-18(3-4-19(9)10(2)20)14-6-11(15)5-13-12(14)7-16-17-13;1-10(19)17-3-5-18(6-4-17)14-8-11(20-2)7-13-12(14)9-15-16-13;1-9-8-17(3-4-18(9)21(2,19)20)13-6-10(14)5-12-11(13)7-15-16-12;1-20-10-7-12-11(9-14-15-12)13(8-10)16-3-5-17(6-4-16)21(2,18)19/h5-7,9H,3-4,8H2,1-2H3,(H,16,17);7-9H,3-6H2,1-2H3,(H,15,16);5-7,9H,3-4,8H2,1-2H3,(H,15,16);7-9H,3-6H2,1-2H3,(H,14,15). The highest BCUT2D eigenvalue weighted by molar-refractivity contribution is 7.88. The number of aromatic amines is 4. The number of H-pyrrole nitrogens is 4. The molecule has 2 atom stereocenters. The van der Waals surface area contributed by atoms with Gasteiger partial charge in [0.05, 0.1) is 85.0 Å². The molecule has 0 spiro atoms. The molecule has 0 radical (unpaired) electrons. The number of fused-ring (bicyclic) bond motifs is 4. The van der Waals surface area contributed by atoms with E-state index in [9.17, 15) is 26.4 Å². The number of benzene rings is 4. The Morgan fingerprint density at radius 3 is 1.23 bits per heavy atom. The first-order valence-electron chi connectivity index (χ1n) is 26.8. The fourth-order valence-corrected chi connectivity index (χ4v) is 13.5. The molecule has 4 aromatic heterocycles. The van der Waals surface area contributed by atoms with Gasteiger partial charge in [0.1, 0.15) is 11.5 Å². The summed E-state index contributed by atoms with van der Waals surface area (Å²) in [7, 11) is -2.98. The normalized spacial score (nSPS) is 18.5. The minimum absolute atomic E-state index is 0.0744. The molecule has 4 aliphatic rings. The number of halogens is 2. The van der Waals surface area contributed by atoms with E-state index < -0.39 is 20.0 Å². The van der Waals surface area contributed by atoms with Gasteiger partial charge in [-0.3, -0.25) is 30.0 Å². The second-order valence-electron chi connectivity index (χ2n) is 20.8. The lowest BCUT2D eigenvalue weighted by molar-refractivity contribution is -0.131. The van der Waals surface area contributed by atoms with E-state index in [4.69, 9.17) is 32.7 Å². The molecule has 4 aromatic carbocycles. The summed E-state index contributed by atoms with van der Waals surface area (Å²) in [5.74, 6) is 1.85. The van der Waals surface area contributed by atoms with E-state index in [2.05, 4.69) is 67.3 Å². The van der Waals surface area contributed by atoms with Crippen molar-refractivity contribution in [2.45, 2.75) is 39.8 Å². The molecule has 0 bridgehead atoms. The summed E-state index contributed by atoms with van der Waals surface area (Å²) in [6.07, 6.45) is 9.72. The zero-order chi connectivity index (χ0) is 58.6. The van der Waals surface area contributed by atoms with Gasteiger partial charge in [0, 0.05) is 185 Å². The van der Waals surface area contributed by atoms with Crippen LogP contribution in [0.4, 0.5) is 22.7 Å². The van der Waals surface area contributed by atoms with Crippen molar-refractivity contribution in [3.63, 3.8) is 0 Å². The lowest BCUT2D eigenvalue weighted by Gasteiger charge is -2.40. The number of carbonyl (C=O) groups is 2. The molecule has 0 saturated carbocycles. The van der Waals surface area contributed by atoms with E-state index in [0.717, 1.165) is 124 Å². The number of methoxy groups -OCH3 is 2. The summed E-state index contributed by atoms with van der Waals surface area (Å²) >= 11 is 12.3. The van der Waals surface area contributed by atoms with Crippen LogP contribution in [0.3, 0.4) is 0 Å². The molecule has 8 heterocycles. The smallest absolute Gasteiger partial charge is 0.219 e. The van der Waals surface area contributed by atoms with Gasteiger partial charge >= 0.3 is 0 Å². The highest BCUT2D eigenvalue weighted by Crippen LogP contribution is 2.35. The minimum atomic E-state index is -3.16. The lowest BCUT2D eigenvalue weighted by atomic mass is 10.1. The molecule has 8 aromatic rings. The summed E-state index contributed by atoms with van der Waals surface area (Å²) in [6, 6.07) is 15.5. The van der Waals surface area contributed by atoms with Gasteiger partial charge in [-0.05, 0) is 38.1 Å². The lowest BCUT2D eigenvalue weighted by Crippen LogP contribution is -2.53. The molecule has 4 fully saturated rings. The number of ether oxygens (including phenoxy) is 2. The van der Waals surface area contributed by atoms with Crippen LogP contribution in [0.1, 0.15) is 27.7 Å². The Balaban J connectivity index is 0.000000132. The maximum absolute atomic E-state index is 11.7. The third kappa shape index (κ3) is 13.5. The van der Waals surface area contributed by atoms with Crippen molar-refractivity contribution >= 4 is 121 Å². The zero-order valence-corrected chi connectivity index (χ0v) is 50.3. The number of carbonyl (C=O) groups excluding carboxylic acids is 2. The van der Waals surface area contributed by atoms with E-state index in [1.165, 1.54) is 16.8 Å². The number of amides is 2. The van der Waals surface area contributed by atoms with Gasteiger partial charge in [-0.15, -0.1) is 0 Å². The maximum atomic E-state index is 11.7. The predicted molar refractivity (Wildman–Crippen MR) is 323 cm³/mol. The number of nitrogens with one attached hydrogen (secondary N) is 4. The van der Waals surface area contributed by atoms with Crippen molar-refractivity contribution in [1.82, 2.24) is 59.2 Å². The van der Waals surface area contributed by atoms with Gasteiger partial charge in [-0.1, -0.05) is 23.2 Å². The number of anilines is 4. The highest BCUT2D eigenvalue weighted by Gasteiger charge is 2.32. The van der Waals surface area contributed by atoms with Crippen LogP contribution < -0.4 is 29.1 Å². The predicted octanol–water partition coefficient (Wildman–Crippen LogP) is 5.85. The number of hydrogen-bond donors (Lipinski definition) is 4. The molecule has 4 N–H and O–H groups in total. The molecule has 0 aliphatic carbocycles. The Bertz CT molecular complexity index is 3780. The topological polar surface area (TPSA) is 262 Å². The van der Waals surface area contributed by atoms with Crippen LogP contribution in [0.2, 0.25) is 10.0 Å². The summed E-state index contributed by atoms with van der Waals surface area (Å²) in [5, 5.41) is 33.6. The summed E-state index contributed by atoms with van der Waals surface area (Å²) in [4.78, 5) is 35.6. The van der Waals surface area contributed by atoms with Gasteiger partial charge in [0.2, 0.25) is 31.9 Å². The van der Waals surface area contributed by atoms with Crippen molar-refractivity contribution in [2.75, 3.05) is 138 Å². The number of hydrogen-bond acceptors (Lipinski definition) is 16. The van der Waals surface area contributed by atoms with E-state index in [0.29, 0.717) is 55.9 Å². The number of rotatable bonds is 8. The third-order valence-corrected chi connectivity index (χ3v) is 18.4. The number of sulfonamides is 2.